The Morgan fingerprint density at radius 3 is 2.00 bits per heavy atom. The molecule has 3 aromatic rings. The molecule has 0 saturated carbocycles. The lowest BCUT2D eigenvalue weighted by atomic mass is 9.94. The molecule has 0 aliphatic carbocycles. The van der Waals surface area contributed by atoms with Gasteiger partial charge in [-0.25, -0.2) is 22.0 Å². The largest absolute Gasteiger partial charge is 0.483 e. The van der Waals surface area contributed by atoms with Crippen LogP contribution in [0.4, 0.5) is 22.0 Å². The monoisotopic (exact) mass is 448 g/mol. The number of benzene rings is 3. The number of hydrogen-bond acceptors (Lipinski definition) is 2. The first-order valence-corrected chi connectivity index (χ1v) is 10.3. The summed E-state index contributed by atoms with van der Waals surface area (Å²) in [7, 11) is 0. The second kappa shape index (κ2) is 9.28. The molecule has 1 aliphatic heterocycles. The van der Waals surface area contributed by atoms with Gasteiger partial charge in [-0.1, -0.05) is 31.2 Å². The van der Waals surface area contributed by atoms with Gasteiger partial charge >= 0.3 is 0 Å². The van der Waals surface area contributed by atoms with Gasteiger partial charge in [-0.2, -0.15) is 0 Å². The van der Waals surface area contributed by atoms with E-state index in [9.17, 15) is 22.0 Å². The average molecular weight is 448 g/mol. The van der Waals surface area contributed by atoms with Crippen LogP contribution < -0.4 is 4.74 Å². The summed E-state index contributed by atoms with van der Waals surface area (Å²) in [5.74, 6) is -6.49. The molecule has 2 unspecified atom stereocenters. The summed E-state index contributed by atoms with van der Waals surface area (Å²) in [6.45, 7) is 2.32. The highest BCUT2D eigenvalue weighted by Gasteiger charge is 2.21. The highest BCUT2D eigenvalue weighted by molar-refractivity contribution is 5.65. The molecule has 0 amide bonds. The third kappa shape index (κ3) is 4.78. The van der Waals surface area contributed by atoms with Gasteiger partial charge in [0.05, 0.1) is 6.10 Å². The van der Waals surface area contributed by atoms with Crippen LogP contribution >= 0.6 is 0 Å². The van der Waals surface area contributed by atoms with Gasteiger partial charge in [-0.05, 0) is 65.3 Å². The van der Waals surface area contributed by atoms with Gasteiger partial charge in [0, 0.05) is 6.61 Å². The molecular formula is C25H21F5O2. The van der Waals surface area contributed by atoms with Crippen LogP contribution in [0.5, 0.6) is 5.75 Å². The normalized spacial score (nSPS) is 18.6. The average Bonchev–Trinajstić information content (AvgIpc) is 2.77. The Labute approximate surface area is 182 Å². The molecule has 0 aromatic heterocycles. The zero-order valence-electron chi connectivity index (χ0n) is 17.3. The zero-order chi connectivity index (χ0) is 22.8. The zero-order valence-corrected chi connectivity index (χ0v) is 17.3. The summed E-state index contributed by atoms with van der Waals surface area (Å²) < 4.78 is 79.6. The van der Waals surface area contributed by atoms with Crippen LogP contribution in [0.25, 0.3) is 11.1 Å². The maximum Gasteiger partial charge on any atom is 0.194 e. The van der Waals surface area contributed by atoms with Gasteiger partial charge in [0.1, 0.15) is 6.61 Å². The second-order valence-electron chi connectivity index (χ2n) is 8.06. The first-order chi connectivity index (χ1) is 15.3. The molecule has 1 heterocycles. The Kier molecular flexibility index (Phi) is 6.46. The summed E-state index contributed by atoms with van der Waals surface area (Å²) >= 11 is 0. The minimum atomic E-state index is -1.62. The molecule has 1 aliphatic rings. The summed E-state index contributed by atoms with van der Waals surface area (Å²) in [6.07, 6.45) is 2.03. The Hall–Kier alpha value is -2.93. The van der Waals surface area contributed by atoms with Crippen molar-refractivity contribution >= 4 is 0 Å². The number of halogens is 5. The van der Waals surface area contributed by atoms with E-state index in [2.05, 4.69) is 6.92 Å². The predicted molar refractivity (Wildman–Crippen MR) is 110 cm³/mol. The van der Waals surface area contributed by atoms with E-state index in [1.165, 1.54) is 0 Å². The van der Waals surface area contributed by atoms with Gasteiger partial charge in [0.2, 0.25) is 0 Å². The standard InChI is InChI=1S/C25H21F5O2/c1-14-2-7-23(31-12-14)17-5-3-16(4-6-17)18-10-21(28)25(22(29)11-18)32-13-15-8-19(26)24(30)20(27)9-15/h3-6,8-11,14,23H,2,7,12-13H2,1H3. The minimum Gasteiger partial charge on any atom is -0.483 e. The summed E-state index contributed by atoms with van der Waals surface area (Å²) in [6, 6.07) is 11.0. The van der Waals surface area contributed by atoms with Crippen LogP contribution in [0.2, 0.25) is 0 Å². The highest BCUT2D eigenvalue weighted by Crippen LogP contribution is 2.33. The Morgan fingerprint density at radius 1 is 0.812 bits per heavy atom. The lowest BCUT2D eigenvalue weighted by molar-refractivity contribution is -0.0123. The van der Waals surface area contributed by atoms with E-state index in [0.29, 0.717) is 35.8 Å². The van der Waals surface area contributed by atoms with E-state index < -0.39 is 41.4 Å². The fourth-order valence-electron chi connectivity index (χ4n) is 3.75. The topological polar surface area (TPSA) is 18.5 Å². The Bertz CT molecular complexity index is 1060. The first-order valence-electron chi connectivity index (χ1n) is 10.3. The molecule has 2 atom stereocenters. The maximum absolute atomic E-state index is 14.5. The van der Waals surface area contributed by atoms with E-state index in [4.69, 9.17) is 9.47 Å². The smallest absolute Gasteiger partial charge is 0.194 e. The van der Waals surface area contributed by atoms with Crippen LogP contribution in [-0.4, -0.2) is 6.61 Å². The Balaban J connectivity index is 1.49. The first kappa shape index (κ1) is 22.3. The van der Waals surface area contributed by atoms with Crippen molar-refractivity contribution in [2.45, 2.75) is 32.5 Å². The molecule has 0 spiro atoms. The molecule has 2 nitrogen and oxygen atoms in total. The van der Waals surface area contributed by atoms with Gasteiger partial charge in [-0.15, -0.1) is 0 Å². The number of hydrogen-bond donors (Lipinski definition) is 0. The van der Waals surface area contributed by atoms with Gasteiger partial charge in [0.25, 0.3) is 0 Å². The fourth-order valence-corrected chi connectivity index (χ4v) is 3.75. The van der Waals surface area contributed by atoms with Gasteiger partial charge in [-0.3, -0.25) is 0 Å². The quantitative estimate of drug-likeness (QED) is 0.306. The van der Waals surface area contributed by atoms with Crippen molar-refractivity contribution in [3.05, 3.63) is 88.7 Å². The van der Waals surface area contributed by atoms with Crippen LogP contribution in [0, 0.1) is 35.0 Å². The molecule has 4 rings (SSSR count). The van der Waals surface area contributed by atoms with E-state index in [0.717, 1.165) is 30.5 Å². The molecule has 1 saturated heterocycles. The predicted octanol–water partition coefficient (Wildman–Crippen LogP) is 7.12. The third-order valence-corrected chi connectivity index (χ3v) is 5.54. The summed E-state index contributed by atoms with van der Waals surface area (Å²) in [5, 5.41) is 0. The van der Waals surface area contributed by atoms with Crippen molar-refractivity contribution in [2.24, 2.45) is 5.92 Å². The van der Waals surface area contributed by atoms with Gasteiger partial charge in [0.15, 0.2) is 34.8 Å². The molecule has 0 N–H and O–H groups in total. The fraction of sp³-hybridized carbons (Fsp3) is 0.280. The molecule has 32 heavy (non-hydrogen) atoms. The lowest BCUT2D eigenvalue weighted by Crippen LogP contribution is -2.18. The molecule has 1 fully saturated rings. The number of ether oxygens (including phenoxy) is 2. The highest BCUT2D eigenvalue weighted by atomic mass is 19.2. The number of rotatable bonds is 5. The van der Waals surface area contributed by atoms with Gasteiger partial charge < -0.3 is 9.47 Å². The minimum absolute atomic E-state index is 0.0191. The molecule has 0 bridgehead atoms. The lowest BCUT2D eigenvalue weighted by Gasteiger charge is -2.27. The maximum atomic E-state index is 14.5. The summed E-state index contributed by atoms with van der Waals surface area (Å²) in [5.41, 5.74) is 1.85. The third-order valence-electron chi connectivity index (χ3n) is 5.54. The SMILES string of the molecule is CC1CCC(c2ccc(-c3cc(F)c(OCc4cc(F)c(F)c(F)c4)c(F)c3)cc2)OC1. The van der Waals surface area contributed by atoms with Crippen LogP contribution in [-0.2, 0) is 11.3 Å². The van der Waals surface area contributed by atoms with Crippen LogP contribution in [0.3, 0.4) is 0 Å². The van der Waals surface area contributed by atoms with E-state index in [-0.39, 0.29) is 11.7 Å². The molecule has 7 heteroatoms. The van der Waals surface area contributed by atoms with Crippen molar-refractivity contribution in [3.63, 3.8) is 0 Å². The van der Waals surface area contributed by atoms with Crippen molar-refractivity contribution in [1.82, 2.24) is 0 Å². The molecule has 0 radical (unpaired) electrons. The van der Waals surface area contributed by atoms with Crippen molar-refractivity contribution in [1.29, 1.82) is 0 Å². The van der Waals surface area contributed by atoms with Crippen molar-refractivity contribution in [2.75, 3.05) is 6.61 Å². The van der Waals surface area contributed by atoms with E-state index >= 15 is 0 Å². The second-order valence-corrected chi connectivity index (χ2v) is 8.06. The van der Waals surface area contributed by atoms with E-state index in [1.54, 1.807) is 12.1 Å². The van der Waals surface area contributed by atoms with Crippen LogP contribution in [0.1, 0.15) is 37.0 Å². The van der Waals surface area contributed by atoms with Crippen molar-refractivity contribution < 1.29 is 31.4 Å². The van der Waals surface area contributed by atoms with Crippen LogP contribution in [0.15, 0.2) is 48.5 Å². The molecular weight excluding hydrogens is 427 g/mol. The van der Waals surface area contributed by atoms with E-state index in [1.807, 2.05) is 12.1 Å². The summed E-state index contributed by atoms with van der Waals surface area (Å²) in [4.78, 5) is 0. The molecule has 168 valence electrons. The Morgan fingerprint density at radius 2 is 1.44 bits per heavy atom. The van der Waals surface area contributed by atoms with Crippen molar-refractivity contribution in [3.8, 4) is 16.9 Å². The molecule has 3 aromatic carbocycles.